The molecular weight excluding hydrogens is 252 g/mol. The lowest BCUT2D eigenvalue weighted by atomic mass is 10.0. The van der Waals surface area contributed by atoms with E-state index in [2.05, 4.69) is 28.3 Å². The third-order valence-electron chi connectivity index (χ3n) is 4.10. The molecule has 4 heteroatoms. The molecule has 20 heavy (non-hydrogen) atoms. The highest BCUT2D eigenvalue weighted by molar-refractivity contribution is 5.83. The summed E-state index contributed by atoms with van der Waals surface area (Å²) in [5.41, 5.74) is 2.65. The van der Waals surface area contributed by atoms with Crippen molar-refractivity contribution in [3.8, 4) is 0 Å². The van der Waals surface area contributed by atoms with Gasteiger partial charge in [0.1, 0.15) is 5.78 Å². The van der Waals surface area contributed by atoms with Gasteiger partial charge in [0, 0.05) is 12.3 Å². The van der Waals surface area contributed by atoms with Gasteiger partial charge >= 0.3 is 0 Å². The van der Waals surface area contributed by atoms with Crippen LogP contribution in [-0.2, 0) is 11.2 Å². The number of carbonyl (C=O) groups excluding carboxylic acids is 1. The summed E-state index contributed by atoms with van der Waals surface area (Å²) in [6.45, 7) is 3.68. The largest absolute Gasteiger partial charge is 0.339 e. The van der Waals surface area contributed by atoms with Gasteiger partial charge in [0.25, 0.3) is 0 Å². The summed E-state index contributed by atoms with van der Waals surface area (Å²) in [6.07, 6.45) is 2.55. The van der Waals surface area contributed by atoms with E-state index in [-0.39, 0.29) is 17.6 Å². The van der Waals surface area contributed by atoms with Crippen molar-refractivity contribution in [2.45, 2.75) is 44.9 Å². The molecule has 1 aromatic carbocycles. The van der Waals surface area contributed by atoms with Crippen molar-refractivity contribution in [2.24, 2.45) is 0 Å². The Labute approximate surface area is 118 Å². The zero-order chi connectivity index (χ0) is 14.1. The Balaban J connectivity index is 1.87. The fourth-order valence-electron chi connectivity index (χ4n) is 2.83. The Kier molecular flexibility index (Phi) is 3.38. The molecule has 1 aliphatic carbocycles. The predicted octanol–water partition coefficient (Wildman–Crippen LogP) is 3.23. The number of hydrogen-bond acceptors (Lipinski definition) is 4. The van der Waals surface area contributed by atoms with Gasteiger partial charge in [-0.3, -0.25) is 4.79 Å². The Morgan fingerprint density at radius 1 is 1.45 bits per heavy atom. The predicted molar refractivity (Wildman–Crippen MR) is 74.6 cm³/mol. The second-order valence-electron chi connectivity index (χ2n) is 5.32. The van der Waals surface area contributed by atoms with Crippen LogP contribution in [0.5, 0.6) is 0 Å². The SMILES string of the molecule is CCC(=O)C(C)c1nc(C2CCc3ccccc32)no1. The summed E-state index contributed by atoms with van der Waals surface area (Å²) in [4.78, 5) is 16.2. The molecule has 0 saturated heterocycles. The smallest absolute Gasteiger partial charge is 0.236 e. The molecule has 0 bridgehead atoms. The minimum Gasteiger partial charge on any atom is -0.339 e. The third kappa shape index (κ3) is 2.15. The number of hydrogen-bond donors (Lipinski definition) is 0. The molecule has 1 aromatic heterocycles. The molecule has 1 heterocycles. The lowest BCUT2D eigenvalue weighted by Gasteiger charge is -2.05. The molecule has 0 spiro atoms. The first-order valence-corrected chi connectivity index (χ1v) is 7.14. The van der Waals surface area contributed by atoms with Gasteiger partial charge in [0.2, 0.25) is 5.89 Å². The van der Waals surface area contributed by atoms with E-state index < -0.39 is 0 Å². The summed E-state index contributed by atoms with van der Waals surface area (Å²) in [7, 11) is 0. The lowest BCUT2D eigenvalue weighted by Crippen LogP contribution is -2.08. The fraction of sp³-hybridized carbons (Fsp3) is 0.438. The van der Waals surface area contributed by atoms with E-state index in [1.165, 1.54) is 11.1 Å². The summed E-state index contributed by atoms with van der Waals surface area (Å²) >= 11 is 0. The normalized spacial score (nSPS) is 18.8. The van der Waals surface area contributed by atoms with Crippen LogP contribution in [0.3, 0.4) is 0 Å². The van der Waals surface area contributed by atoms with Gasteiger partial charge in [-0.05, 0) is 30.9 Å². The number of aryl methyl sites for hydroxylation is 1. The minimum atomic E-state index is -0.308. The quantitative estimate of drug-likeness (QED) is 0.856. The molecular formula is C16H18N2O2. The van der Waals surface area contributed by atoms with Crippen molar-refractivity contribution < 1.29 is 9.32 Å². The zero-order valence-corrected chi connectivity index (χ0v) is 11.8. The van der Waals surface area contributed by atoms with Crippen LogP contribution in [0.1, 0.15) is 61.4 Å². The van der Waals surface area contributed by atoms with Crippen LogP contribution in [0, 0.1) is 0 Å². The Morgan fingerprint density at radius 3 is 3.05 bits per heavy atom. The first-order valence-electron chi connectivity index (χ1n) is 7.14. The molecule has 0 amide bonds. The van der Waals surface area contributed by atoms with Gasteiger partial charge < -0.3 is 4.52 Å². The molecule has 0 radical (unpaired) electrons. The van der Waals surface area contributed by atoms with E-state index >= 15 is 0 Å². The molecule has 104 valence electrons. The highest BCUT2D eigenvalue weighted by atomic mass is 16.5. The summed E-state index contributed by atoms with van der Waals surface area (Å²) in [5, 5.41) is 4.10. The average molecular weight is 270 g/mol. The second kappa shape index (κ2) is 5.19. The lowest BCUT2D eigenvalue weighted by molar-refractivity contribution is -0.120. The van der Waals surface area contributed by atoms with E-state index in [1.807, 2.05) is 19.9 Å². The van der Waals surface area contributed by atoms with Gasteiger partial charge in [-0.25, -0.2) is 0 Å². The first-order chi connectivity index (χ1) is 9.70. The molecule has 2 unspecified atom stereocenters. The first kappa shape index (κ1) is 13.0. The number of nitrogens with zero attached hydrogens (tertiary/aromatic N) is 2. The summed E-state index contributed by atoms with van der Waals surface area (Å²) in [5.74, 6) is 1.18. The maximum absolute atomic E-state index is 11.7. The number of rotatable bonds is 4. The zero-order valence-electron chi connectivity index (χ0n) is 11.8. The van der Waals surface area contributed by atoms with Crippen LogP contribution in [0.2, 0.25) is 0 Å². The van der Waals surface area contributed by atoms with E-state index in [4.69, 9.17) is 4.52 Å². The maximum Gasteiger partial charge on any atom is 0.236 e. The maximum atomic E-state index is 11.7. The topological polar surface area (TPSA) is 56.0 Å². The Bertz CT molecular complexity index is 633. The monoisotopic (exact) mass is 270 g/mol. The van der Waals surface area contributed by atoms with Crippen molar-refractivity contribution in [1.29, 1.82) is 0 Å². The second-order valence-corrected chi connectivity index (χ2v) is 5.32. The standard InChI is InChI=1S/C16H18N2O2/c1-3-14(19)10(2)16-17-15(18-20-16)13-9-8-11-6-4-5-7-12(11)13/h4-7,10,13H,3,8-9H2,1-2H3. The van der Waals surface area contributed by atoms with Gasteiger partial charge in [-0.2, -0.15) is 4.98 Å². The molecule has 0 fully saturated rings. The Morgan fingerprint density at radius 2 is 2.25 bits per heavy atom. The van der Waals surface area contributed by atoms with Crippen LogP contribution in [0.15, 0.2) is 28.8 Å². The van der Waals surface area contributed by atoms with Crippen LogP contribution >= 0.6 is 0 Å². The van der Waals surface area contributed by atoms with Crippen LogP contribution in [-0.4, -0.2) is 15.9 Å². The molecule has 1 aliphatic rings. The van der Waals surface area contributed by atoms with Crippen molar-refractivity contribution in [2.75, 3.05) is 0 Å². The fourth-order valence-corrected chi connectivity index (χ4v) is 2.83. The van der Waals surface area contributed by atoms with Gasteiger partial charge in [-0.1, -0.05) is 36.3 Å². The van der Waals surface area contributed by atoms with Crippen molar-refractivity contribution in [3.05, 3.63) is 47.1 Å². The molecule has 2 aromatic rings. The number of ketones is 1. The highest BCUT2D eigenvalue weighted by Gasteiger charge is 2.29. The minimum absolute atomic E-state index is 0.132. The van der Waals surface area contributed by atoms with Crippen molar-refractivity contribution in [3.63, 3.8) is 0 Å². The molecule has 0 aliphatic heterocycles. The van der Waals surface area contributed by atoms with Gasteiger partial charge in [-0.15, -0.1) is 0 Å². The summed E-state index contributed by atoms with van der Waals surface area (Å²) in [6, 6.07) is 8.38. The molecule has 0 saturated carbocycles. The van der Waals surface area contributed by atoms with Crippen molar-refractivity contribution in [1.82, 2.24) is 10.1 Å². The number of carbonyl (C=O) groups is 1. The van der Waals surface area contributed by atoms with Crippen LogP contribution in [0.4, 0.5) is 0 Å². The van der Waals surface area contributed by atoms with Gasteiger partial charge in [0.05, 0.1) is 5.92 Å². The summed E-state index contributed by atoms with van der Waals surface area (Å²) < 4.78 is 5.29. The third-order valence-corrected chi connectivity index (χ3v) is 4.10. The molecule has 2 atom stereocenters. The van der Waals surface area contributed by atoms with E-state index in [9.17, 15) is 4.79 Å². The van der Waals surface area contributed by atoms with Crippen LogP contribution in [0.25, 0.3) is 0 Å². The number of fused-ring (bicyclic) bond motifs is 1. The number of Topliss-reactive ketones (excluding diaryl/α,β-unsaturated/α-hetero) is 1. The Hall–Kier alpha value is -1.97. The molecule has 3 rings (SSSR count). The van der Waals surface area contributed by atoms with E-state index in [0.717, 1.165) is 12.8 Å². The van der Waals surface area contributed by atoms with Crippen LogP contribution < -0.4 is 0 Å². The molecule has 0 N–H and O–H groups in total. The van der Waals surface area contributed by atoms with Gasteiger partial charge in [0.15, 0.2) is 5.82 Å². The number of benzene rings is 1. The average Bonchev–Trinajstić information content (AvgIpc) is 3.11. The van der Waals surface area contributed by atoms with Crippen molar-refractivity contribution >= 4 is 5.78 Å². The number of aromatic nitrogens is 2. The highest BCUT2D eigenvalue weighted by Crippen LogP contribution is 2.36. The molecule has 4 nitrogen and oxygen atoms in total. The van der Waals surface area contributed by atoms with E-state index in [0.29, 0.717) is 18.1 Å². The van der Waals surface area contributed by atoms with E-state index in [1.54, 1.807) is 0 Å².